The molecular weight excluding hydrogens is 272 g/mol. The van der Waals surface area contributed by atoms with E-state index in [9.17, 15) is 4.79 Å². The standard InChI is InChI=1S/C15H24N2O4/c1-7-9-11-14(20-6)17(15(18)21-8-2)12(10(3)4)13(16-11)19-5/h7,10,12H,1,8-9H2,2-6H3/t12-/m1/s1. The van der Waals surface area contributed by atoms with Crippen LogP contribution >= 0.6 is 0 Å². The predicted octanol–water partition coefficient (Wildman–Crippen LogP) is 2.92. The molecule has 0 saturated heterocycles. The zero-order chi connectivity index (χ0) is 16.0. The molecule has 0 aliphatic carbocycles. The number of hydrogen-bond acceptors (Lipinski definition) is 5. The summed E-state index contributed by atoms with van der Waals surface area (Å²) in [5.74, 6) is 0.937. The summed E-state index contributed by atoms with van der Waals surface area (Å²) in [4.78, 5) is 18.3. The van der Waals surface area contributed by atoms with Crippen LogP contribution in [0.1, 0.15) is 27.2 Å². The Bertz CT molecular complexity index is 455. The van der Waals surface area contributed by atoms with Crippen LogP contribution in [0.4, 0.5) is 4.79 Å². The molecular formula is C15H24N2O4. The Balaban J connectivity index is 3.37. The van der Waals surface area contributed by atoms with E-state index in [4.69, 9.17) is 14.2 Å². The fourth-order valence-electron chi connectivity index (χ4n) is 2.25. The number of methoxy groups -OCH3 is 2. The van der Waals surface area contributed by atoms with Crippen molar-refractivity contribution < 1.29 is 19.0 Å². The molecule has 0 aromatic rings. The Morgan fingerprint density at radius 2 is 2.10 bits per heavy atom. The predicted molar refractivity (Wildman–Crippen MR) is 80.8 cm³/mol. The Morgan fingerprint density at radius 3 is 2.52 bits per heavy atom. The van der Waals surface area contributed by atoms with Gasteiger partial charge in [-0.1, -0.05) is 19.9 Å². The molecule has 1 atom stereocenters. The zero-order valence-corrected chi connectivity index (χ0v) is 13.4. The molecule has 1 heterocycles. The van der Waals surface area contributed by atoms with E-state index in [1.165, 1.54) is 12.0 Å². The molecule has 0 spiro atoms. The van der Waals surface area contributed by atoms with Crippen molar-refractivity contribution >= 4 is 12.0 Å². The molecule has 0 saturated carbocycles. The van der Waals surface area contributed by atoms with Crippen molar-refractivity contribution in [2.75, 3.05) is 20.8 Å². The Kier molecular flexibility index (Phi) is 6.27. The highest BCUT2D eigenvalue weighted by Crippen LogP contribution is 2.29. The smallest absolute Gasteiger partial charge is 0.417 e. The molecule has 0 aromatic carbocycles. The van der Waals surface area contributed by atoms with Gasteiger partial charge in [-0.25, -0.2) is 14.7 Å². The molecule has 0 unspecified atom stereocenters. The summed E-state index contributed by atoms with van der Waals surface area (Å²) >= 11 is 0. The molecule has 1 amide bonds. The first-order chi connectivity index (χ1) is 10.0. The lowest BCUT2D eigenvalue weighted by Gasteiger charge is -2.37. The van der Waals surface area contributed by atoms with Gasteiger partial charge in [-0.2, -0.15) is 0 Å². The summed E-state index contributed by atoms with van der Waals surface area (Å²) in [6.45, 7) is 9.71. The van der Waals surface area contributed by atoms with Crippen LogP contribution in [0.3, 0.4) is 0 Å². The number of carbonyl (C=O) groups is 1. The molecule has 21 heavy (non-hydrogen) atoms. The van der Waals surface area contributed by atoms with Gasteiger partial charge in [-0.05, 0) is 12.8 Å². The van der Waals surface area contributed by atoms with Crippen molar-refractivity contribution in [3.05, 3.63) is 24.2 Å². The molecule has 6 heteroatoms. The fraction of sp³-hybridized carbons (Fsp3) is 0.600. The first kappa shape index (κ1) is 17.1. The average molecular weight is 296 g/mol. The SMILES string of the molecule is C=CCC1=C(OC)N(C(=O)OCC)[C@H](C(C)C)C(OC)=N1. The minimum atomic E-state index is -0.473. The van der Waals surface area contributed by atoms with E-state index in [1.807, 2.05) is 13.8 Å². The third-order valence-corrected chi connectivity index (χ3v) is 3.08. The average Bonchev–Trinajstić information content (AvgIpc) is 2.45. The molecule has 118 valence electrons. The minimum Gasteiger partial charge on any atom is -0.483 e. The molecule has 0 aromatic heterocycles. The number of rotatable bonds is 5. The Morgan fingerprint density at radius 1 is 1.43 bits per heavy atom. The van der Waals surface area contributed by atoms with Crippen LogP contribution in [0.25, 0.3) is 0 Å². The van der Waals surface area contributed by atoms with Gasteiger partial charge in [0.05, 0.1) is 20.8 Å². The second kappa shape index (κ2) is 7.71. The van der Waals surface area contributed by atoms with Crippen molar-refractivity contribution in [3.63, 3.8) is 0 Å². The summed E-state index contributed by atoms with van der Waals surface area (Å²) in [5, 5.41) is 0. The van der Waals surface area contributed by atoms with Gasteiger partial charge in [0, 0.05) is 6.42 Å². The van der Waals surface area contributed by atoms with Crippen LogP contribution in [-0.2, 0) is 14.2 Å². The van der Waals surface area contributed by atoms with Gasteiger partial charge in [0.15, 0.2) is 0 Å². The summed E-state index contributed by atoms with van der Waals surface area (Å²) in [6, 6.07) is -0.363. The second-order valence-electron chi connectivity index (χ2n) is 4.86. The summed E-state index contributed by atoms with van der Waals surface area (Å²) in [7, 11) is 3.05. The molecule has 1 aliphatic heterocycles. The number of aliphatic imine (C=N–C) groups is 1. The maximum absolute atomic E-state index is 12.3. The first-order valence-electron chi connectivity index (χ1n) is 6.98. The molecule has 1 aliphatic rings. The number of carbonyl (C=O) groups excluding carboxylic acids is 1. The van der Waals surface area contributed by atoms with Gasteiger partial charge >= 0.3 is 6.09 Å². The monoisotopic (exact) mass is 296 g/mol. The third-order valence-electron chi connectivity index (χ3n) is 3.08. The Labute approximate surface area is 126 Å². The molecule has 6 nitrogen and oxygen atoms in total. The lowest BCUT2D eigenvalue weighted by Crippen LogP contribution is -2.51. The summed E-state index contributed by atoms with van der Waals surface area (Å²) in [5.41, 5.74) is 0.592. The van der Waals surface area contributed by atoms with Crippen LogP contribution in [0.2, 0.25) is 0 Å². The maximum atomic E-state index is 12.3. The molecule has 0 N–H and O–H groups in total. The van der Waals surface area contributed by atoms with Crippen LogP contribution in [0.15, 0.2) is 29.2 Å². The van der Waals surface area contributed by atoms with Gasteiger partial charge in [-0.15, -0.1) is 6.58 Å². The number of allylic oxidation sites excluding steroid dienone is 1. The van der Waals surface area contributed by atoms with Crippen molar-refractivity contribution in [1.82, 2.24) is 4.90 Å². The van der Waals surface area contributed by atoms with Crippen LogP contribution in [-0.4, -0.2) is 43.8 Å². The normalized spacial score (nSPS) is 18.5. The van der Waals surface area contributed by atoms with Gasteiger partial charge < -0.3 is 14.2 Å². The molecule has 0 bridgehead atoms. The molecule has 0 fully saturated rings. The van der Waals surface area contributed by atoms with Crippen molar-refractivity contribution in [1.29, 1.82) is 0 Å². The number of ether oxygens (including phenoxy) is 3. The lowest BCUT2D eigenvalue weighted by molar-refractivity contribution is 0.0641. The van der Waals surface area contributed by atoms with Crippen LogP contribution in [0, 0.1) is 5.92 Å². The van der Waals surface area contributed by atoms with E-state index in [2.05, 4.69) is 11.6 Å². The van der Waals surface area contributed by atoms with E-state index < -0.39 is 6.09 Å². The highest BCUT2D eigenvalue weighted by atomic mass is 16.6. The van der Waals surface area contributed by atoms with E-state index >= 15 is 0 Å². The van der Waals surface area contributed by atoms with Gasteiger partial charge in [0.25, 0.3) is 0 Å². The van der Waals surface area contributed by atoms with Crippen molar-refractivity contribution in [2.45, 2.75) is 33.2 Å². The highest BCUT2D eigenvalue weighted by molar-refractivity contribution is 5.89. The third kappa shape index (κ3) is 3.56. The summed E-state index contributed by atoms with van der Waals surface area (Å²) < 4.78 is 15.9. The van der Waals surface area contributed by atoms with E-state index in [-0.39, 0.29) is 18.6 Å². The van der Waals surface area contributed by atoms with Crippen LogP contribution < -0.4 is 0 Å². The van der Waals surface area contributed by atoms with E-state index in [1.54, 1.807) is 20.1 Å². The number of hydrogen-bond donors (Lipinski definition) is 0. The summed E-state index contributed by atoms with van der Waals surface area (Å²) in [6.07, 6.45) is 1.69. The molecule has 0 radical (unpaired) electrons. The van der Waals surface area contributed by atoms with Gasteiger partial charge in [0.2, 0.25) is 11.8 Å². The highest BCUT2D eigenvalue weighted by Gasteiger charge is 2.40. The van der Waals surface area contributed by atoms with Crippen molar-refractivity contribution in [2.24, 2.45) is 10.9 Å². The van der Waals surface area contributed by atoms with Crippen molar-refractivity contribution in [3.8, 4) is 0 Å². The van der Waals surface area contributed by atoms with E-state index in [0.29, 0.717) is 23.9 Å². The van der Waals surface area contributed by atoms with Crippen LogP contribution in [0.5, 0.6) is 0 Å². The topological polar surface area (TPSA) is 60.4 Å². The number of nitrogens with zero attached hydrogens (tertiary/aromatic N) is 2. The minimum absolute atomic E-state index is 0.0866. The molecule has 1 rings (SSSR count). The van der Waals surface area contributed by atoms with Gasteiger partial charge in [0.1, 0.15) is 11.7 Å². The van der Waals surface area contributed by atoms with Gasteiger partial charge in [-0.3, -0.25) is 0 Å². The fourth-order valence-corrected chi connectivity index (χ4v) is 2.25. The lowest BCUT2D eigenvalue weighted by atomic mass is 10.0. The maximum Gasteiger partial charge on any atom is 0.417 e. The second-order valence-corrected chi connectivity index (χ2v) is 4.86. The number of amides is 1. The first-order valence-corrected chi connectivity index (χ1v) is 6.98. The quantitative estimate of drug-likeness (QED) is 0.732. The largest absolute Gasteiger partial charge is 0.483 e. The van der Waals surface area contributed by atoms with E-state index in [0.717, 1.165) is 0 Å². The Hall–Kier alpha value is -1.98. The zero-order valence-electron chi connectivity index (χ0n) is 13.4.